The molecule has 10 nitrogen and oxygen atoms in total. The number of aliphatic hydroxyl groups is 2. The van der Waals surface area contributed by atoms with Crippen molar-refractivity contribution in [1.82, 2.24) is 20.9 Å². The molecule has 5 N–H and O–H groups in total. The van der Waals surface area contributed by atoms with Crippen LogP contribution in [0.2, 0.25) is 0 Å². The Morgan fingerprint density at radius 2 is 1.27 bits per heavy atom. The molecule has 0 aliphatic rings. The topological polar surface area (TPSA) is 146 Å². The summed E-state index contributed by atoms with van der Waals surface area (Å²) in [5.41, 5.74) is 1.43. The summed E-state index contributed by atoms with van der Waals surface area (Å²) in [7, 11) is 0. The summed E-state index contributed by atoms with van der Waals surface area (Å²) in [5.74, 6) is 0. The minimum Gasteiger partial charge on any atom is -0.530 e. The van der Waals surface area contributed by atoms with E-state index in [2.05, 4.69) is 28.1 Å². The van der Waals surface area contributed by atoms with Gasteiger partial charge in [0.15, 0.2) is 0 Å². The van der Waals surface area contributed by atoms with Gasteiger partial charge < -0.3 is 45.7 Å². The minimum atomic E-state index is -1.35. The Hall–Kier alpha value is -3.96. The number of aliphatic hydroxyl groups excluding tert-OH is 2. The summed E-state index contributed by atoms with van der Waals surface area (Å²) < 4.78 is 5.44. The van der Waals surface area contributed by atoms with Gasteiger partial charge in [-0.05, 0) is 83.5 Å². The third kappa shape index (κ3) is 14.2. The van der Waals surface area contributed by atoms with Crippen LogP contribution in [0.4, 0.5) is 9.59 Å². The van der Waals surface area contributed by atoms with Crippen LogP contribution in [0, 0.1) is 0 Å². The van der Waals surface area contributed by atoms with E-state index in [1.165, 1.54) is 10.5 Å². The maximum absolute atomic E-state index is 12.8. The number of rotatable bonds is 19. The van der Waals surface area contributed by atoms with Gasteiger partial charge in [0.1, 0.15) is 11.7 Å². The SMILES string of the molecule is CC(C)(C)OC(=O)N[C@@H](Cc1ccccc1)[C@H](O)CNC[C@@H](O)[C@H](Cc1ccccc1)N(C(=O)[O-])C(C)(C)CCCNCc1ccccc1. The van der Waals surface area contributed by atoms with E-state index in [4.69, 9.17) is 4.74 Å². The van der Waals surface area contributed by atoms with Gasteiger partial charge in [0, 0.05) is 25.2 Å². The standard InChI is InChI=1S/C39H56N4O6/c1-38(2,3)49-36(46)42-32(24-29-16-9-6-10-17-29)34(44)27-41-28-35(45)33(25-30-18-11-7-12-19-30)43(37(47)48)39(4,5)22-15-23-40-26-31-20-13-8-14-21-31/h6-14,16-21,32-35,40-41,44-45H,15,22-28H2,1-5H3,(H,42,46)(H,47,48)/p-1/t32-,33-,34+,35+/m0/s1. The quantitative estimate of drug-likeness (QED) is 0.120. The Morgan fingerprint density at radius 1 is 0.755 bits per heavy atom. The first-order valence-electron chi connectivity index (χ1n) is 17.1. The lowest BCUT2D eigenvalue weighted by atomic mass is 9.90. The number of alkyl carbamates (subject to hydrolysis) is 1. The Labute approximate surface area is 291 Å². The van der Waals surface area contributed by atoms with Gasteiger partial charge in [-0.1, -0.05) is 91.0 Å². The van der Waals surface area contributed by atoms with Crippen LogP contribution in [0.15, 0.2) is 91.0 Å². The molecule has 3 aromatic rings. The van der Waals surface area contributed by atoms with E-state index in [0.29, 0.717) is 19.4 Å². The summed E-state index contributed by atoms with van der Waals surface area (Å²) in [6.07, 6.45) is -2.28. The molecule has 3 aromatic carbocycles. The molecule has 0 bridgehead atoms. The second kappa shape index (κ2) is 19.3. The molecule has 0 aliphatic carbocycles. The van der Waals surface area contributed by atoms with E-state index in [0.717, 1.165) is 24.1 Å². The van der Waals surface area contributed by atoms with E-state index < -0.39 is 47.6 Å². The summed E-state index contributed by atoms with van der Waals surface area (Å²) in [4.78, 5) is 26.7. The summed E-state index contributed by atoms with van der Waals surface area (Å²) in [5, 5.41) is 44.9. The van der Waals surface area contributed by atoms with E-state index >= 15 is 0 Å². The van der Waals surface area contributed by atoms with Crippen LogP contribution >= 0.6 is 0 Å². The van der Waals surface area contributed by atoms with Crippen molar-refractivity contribution in [3.8, 4) is 0 Å². The smallest absolute Gasteiger partial charge is 0.407 e. The zero-order valence-electron chi connectivity index (χ0n) is 29.6. The fraction of sp³-hybridized carbons (Fsp3) is 0.487. The zero-order chi connectivity index (χ0) is 35.9. The van der Waals surface area contributed by atoms with Crippen molar-refractivity contribution >= 4 is 12.2 Å². The fourth-order valence-electron chi connectivity index (χ4n) is 5.95. The molecule has 0 fully saturated rings. The fourth-order valence-corrected chi connectivity index (χ4v) is 5.95. The molecule has 3 rings (SSSR count). The average molecular weight is 676 g/mol. The molecule has 10 heteroatoms. The first kappa shape index (κ1) is 39.5. The van der Waals surface area contributed by atoms with Gasteiger partial charge in [-0.2, -0.15) is 0 Å². The van der Waals surface area contributed by atoms with Crippen LogP contribution in [0.3, 0.4) is 0 Å². The Kier molecular flexibility index (Phi) is 15.5. The number of amides is 2. The molecule has 268 valence electrons. The van der Waals surface area contributed by atoms with Crippen LogP contribution in [0.5, 0.6) is 0 Å². The van der Waals surface area contributed by atoms with Crippen LogP contribution in [0.25, 0.3) is 0 Å². The van der Waals surface area contributed by atoms with Gasteiger partial charge in [-0.3, -0.25) is 0 Å². The molecule has 0 radical (unpaired) electrons. The van der Waals surface area contributed by atoms with E-state index in [9.17, 15) is 24.9 Å². The molecular formula is C39H55N4O6-. The first-order chi connectivity index (χ1) is 23.2. The van der Waals surface area contributed by atoms with E-state index in [1.807, 2.05) is 92.7 Å². The van der Waals surface area contributed by atoms with Crippen molar-refractivity contribution in [2.24, 2.45) is 0 Å². The van der Waals surface area contributed by atoms with E-state index in [-0.39, 0.29) is 19.5 Å². The second-order valence-electron chi connectivity index (χ2n) is 14.2. The third-order valence-electron chi connectivity index (χ3n) is 8.40. The van der Waals surface area contributed by atoms with Crippen LogP contribution in [-0.2, 0) is 24.1 Å². The predicted molar refractivity (Wildman–Crippen MR) is 191 cm³/mol. The van der Waals surface area contributed by atoms with Crippen molar-refractivity contribution in [2.45, 2.75) is 102 Å². The normalized spacial score (nSPS) is 14.3. The summed E-state index contributed by atoms with van der Waals surface area (Å²) >= 11 is 0. The minimum absolute atomic E-state index is 0.00243. The molecule has 0 aromatic heterocycles. The van der Waals surface area contributed by atoms with Crippen molar-refractivity contribution in [3.63, 3.8) is 0 Å². The molecule has 0 aliphatic heterocycles. The Bertz CT molecular complexity index is 1380. The number of carbonyl (C=O) groups is 2. The largest absolute Gasteiger partial charge is 0.530 e. The maximum Gasteiger partial charge on any atom is 0.407 e. The monoisotopic (exact) mass is 675 g/mol. The van der Waals surface area contributed by atoms with Crippen LogP contribution in [0.1, 0.15) is 64.2 Å². The lowest BCUT2D eigenvalue weighted by Gasteiger charge is -2.47. The van der Waals surface area contributed by atoms with Crippen molar-refractivity contribution in [2.75, 3.05) is 19.6 Å². The molecule has 0 saturated heterocycles. The van der Waals surface area contributed by atoms with Crippen LogP contribution in [-0.4, -0.2) is 82.4 Å². The highest BCUT2D eigenvalue weighted by Crippen LogP contribution is 2.27. The van der Waals surface area contributed by atoms with Gasteiger partial charge in [0.25, 0.3) is 0 Å². The number of ether oxygens (including phenoxy) is 1. The predicted octanol–water partition coefficient (Wildman–Crippen LogP) is 4.04. The van der Waals surface area contributed by atoms with Gasteiger partial charge in [-0.25, -0.2) is 4.79 Å². The summed E-state index contributed by atoms with van der Waals surface area (Å²) in [6.45, 7) is 10.5. The maximum atomic E-state index is 12.8. The Morgan fingerprint density at radius 3 is 1.80 bits per heavy atom. The molecule has 0 unspecified atom stereocenters. The van der Waals surface area contributed by atoms with E-state index in [1.54, 1.807) is 20.8 Å². The second-order valence-corrected chi connectivity index (χ2v) is 14.2. The highest BCUT2D eigenvalue weighted by molar-refractivity contribution is 5.68. The van der Waals surface area contributed by atoms with Gasteiger partial charge >= 0.3 is 6.09 Å². The molecule has 2 amide bonds. The molecule has 0 heterocycles. The highest BCUT2D eigenvalue weighted by atomic mass is 16.6. The highest BCUT2D eigenvalue weighted by Gasteiger charge is 2.36. The first-order valence-corrected chi connectivity index (χ1v) is 17.1. The lowest BCUT2D eigenvalue weighted by Crippen LogP contribution is -2.63. The third-order valence-corrected chi connectivity index (χ3v) is 8.40. The number of benzene rings is 3. The van der Waals surface area contributed by atoms with Crippen molar-refractivity contribution in [3.05, 3.63) is 108 Å². The molecule has 0 saturated carbocycles. The van der Waals surface area contributed by atoms with Crippen LogP contribution < -0.4 is 21.1 Å². The lowest BCUT2D eigenvalue weighted by molar-refractivity contribution is -0.276. The molecule has 0 spiro atoms. The van der Waals surface area contributed by atoms with Gasteiger partial charge in [0.05, 0.1) is 24.3 Å². The number of nitrogens with zero attached hydrogens (tertiary/aromatic N) is 1. The Balaban J connectivity index is 1.68. The number of carboxylic acid groups (broad SMARTS) is 1. The van der Waals surface area contributed by atoms with Crippen molar-refractivity contribution < 1.29 is 29.6 Å². The number of carbonyl (C=O) groups excluding carboxylic acids is 2. The van der Waals surface area contributed by atoms with Gasteiger partial charge in [0.2, 0.25) is 0 Å². The number of hydrogen-bond donors (Lipinski definition) is 5. The molecule has 49 heavy (non-hydrogen) atoms. The molecular weight excluding hydrogens is 620 g/mol. The number of hydrogen-bond acceptors (Lipinski definition) is 8. The zero-order valence-corrected chi connectivity index (χ0v) is 29.6. The summed E-state index contributed by atoms with van der Waals surface area (Å²) in [6, 6.07) is 27.5. The molecule has 4 atom stereocenters. The van der Waals surface area contributed by atoms with Gasteiger partial charge in [-0.15, -0.1) is 0 Å². The van der Waals surface area contributed by atoms with Crippen molar-refractivity contribution in [1.29, 1.82) is 0 Å². The average Bonchev–Trinajstić information content (AvgIpc) is 3.04. The number of nitrogens with one attached hydrogen (secondary N) is 3.